The molecule has 3 N–H and O–H groups in total. The van der Waals surface area contributed by atoms with E-state index in [9.17, 15) is 10.2 Å². The highest BCUT2D eigenvalue weighted by Crippen LogP contribution is 2.28. The second kappa shape index (κ2) is 4.46. The Kier molecular flexibility index (Phi) is 3.46. The number of phenols is 2. The Bertz CT molecular complexity index is 418. The summed E-state index contributed by atoms with van der Waals surface area (Å²) in [5.74, 6) is 2.89. The van der Waals surface area contributed by atoms with Gasteiger partial charge in [-0.05, 0) is 39.0 Å². The van der Waals surface area contributed by atoms with Crippen LogP contribution in [0.4, 0.5) is 0 Å². The number of hydrogen-bond acceptors (Lipinski definition) is 3. The van der Waals surface area contributed by atoms with Crippen molar-refractivity contribution in [2.75, 3.05) is 0 Å². The molecule has 3 nitrogen and oxygen atoms in total. The van der Waals surface area contributed by atoms with Gasteiger partial charge in [0.2, 0.25) is 0 Å². The summed E-state index contributed by atoms with van der Waals surface area (Å²) in [6.45, 7) is 5.64. The highest BCUT2D eigenvalue weighted by Gasteiger charge is 2.19. The molecule has 0 radical (unpaired) electrons. The Balaban J connectivity index is 2.93. The first-order chi connectivity index (χ1) is 7.35. The molecular formula is C13H17NO2. The zero-order valence-corrected chi connectivity index (χ0v) is 9.78. The number of terminal acetylenes is 1. The maximum Gasteiger partial charge on any atom is 0.120 e. The van der Waals surface area contributed by atoms with Crippen molar-refractivity contribution >= 4 is 0 Å². The Morgan fingerprint density at radius 2 is 2.00 bits per heavy atom. The maximum atomic E-state index is 9.67. The van der Waals surface area contributed by atoms with Crippen molar-refractivity contribution in [1.29, 1.82) is 0 Å². The molecule has 16 heavy (non-hydrogen) atoms. The first kappa shape index (κ1) is 12.4. The van der Waals surface area contributed by atoms with Gasteiger partial charge in [0, 0.05) is 11.6 Å². The molecule has 0 fully saturated rings. The van der Waals surface area contributed by atoms with Crippen molar-refractivity contribution < 1.29 is 10.2 Å². The molecule has 0 aliphatic rings. The number of hydrogen-bond donors (Lipinski definition) is 3. The third kappa shape index (κ3) is 2.91. The summed E-state index contributed by atoms with van der Waals surface area (Å²) in [5, 5.41) is 22.2. The minimum absolute atomic E-state index is 0.125. The van der Waals surface area contributed by atoms with Crippen LogP contribution in [0.1, 0.15) is 32.4 Å². The van der Waals surface area contributed by atoms with Gasteiger partial charge in [0.15, 0.2) is 0 Å². The first-order valence-electron chi connectivity index (χ1n) is 5.13. The van der Waals surface area contributed by atoms with E-state index in [1.165, 1.54) is 18.2 Å². The zero-order chi connectivity index (χ0) is 12.3. The van der Waals surface area contributed by atoms with Crippen LogP contribution < -0.4 is 5.32 Å². The minimum Gasteiger partial charge on any atom is -0.508 e. The summed E-state index contributed by atoms with van der Waals surface area (Å²) in [6, 6.07) is 4.29. The Labute approximate surface area is 96.1 Å². The van der Waals surface area contributed by atoms with E-state index in [-0.39, 0.29) is 17.5 Å². The van der Waals surface area contributed by atoms with Gasteiger partial charge in [-0.3, -0.25) is 5.32 Å². The Morgan fingerprint density at radius 1 is 1.38 bits per heavy atom. The molecule has 1 aromatic carbocycles. The van der Waals surface area contributed by atoms with Gasteiger partial charge in [-0.1, -0.05) is 5.92 Å². The number of rotatable bonds is 3. The van der Waals surface area contributed by atoms with Crippen LogP contribution in [-0.4, -0.2) is 15.8 Å². The topological polar surface area (TPSA) is 52.5 Å². The van der Waals surface area contributed by atoms with Crippen LogP contribution in [0.5, 0.6) is 11.5 Å². The monoisotopic (exact) mass is 219 g/mol. The molecule has 1 atom stereocenters. The van der Waals surface area contributed by atoms with Gasteiger partial charge in [0.25, 0.3) is 0 Å². The summed E-state index contributed by atoms with van der Waals surface area (Å²) in [6.07, 6.45) is 5.38. The van der Waals surface area contributed by atoms with Crippen LogP contribution in [0.15, 0.2) is 18.2 Å². The molecule has 0 saturated heterocycles. The molecule has 0 aromatic heterocycles. The highest BCUT2D eigenvalue weighted by molar-refractivity contribution is 5.40. The van der Waals surface area contributed by atoms with Crippen LogP contribution in [-0.2, 0) is 0 Å². The minimum atomic E-state index is -0.461. The van der Waals surface area contributed by atoms with Gasteiger partial charge < -0.3 is 10.2 Å². The lowest BCUT2D eigenvalue weighted by Gasteiger charge is -2.25. The van der Waals surface area contributed by atoms with E-state index in [1.807, 2.05) is 20.8 Å². The largest absolute Gasteiger partial charge is 0.508 e. The summed E-state index contributed by atoms with van der Waals surface area (Å²) in [5.41, 5.74) is 0.167. The number of phenolic OH excluding ortho intramolecular Hbond substituents is 2. The fraction of sp³-hybridized carbons (Fsp3) is 0.385. The zero-order valence-electron chi connectivity index (χ0n) is 9.78. The molecule has 0 amide bonds. The first-order valence-corrected chi connectivity index (χ1v) is 5.13. The Morgan fingerprint density at radius 3 is 2.56 bits per heavy atom. The number of aromatic hydroxyl groups is 2. The molecule has 0 aliphatic carbocycles. The fourth-order valence-corrected chi connectivity index (χ4v) is 1.55. The predicted octanol–water partition coefficient (Wildman–Crippen LogP) is 2.16. The normalized spacial score (nSPS) is 13.1. The molecule has 86 valence electrons. The summed E-state index contributed by atoms with van der Waals surface area (Å²) >= 11 is 0. The molecule has 1 rings (SSSR count). The van der Waals surface area contributed by atoms with Crippen molar-refractivity contribution in [2.24, 2.45) is 0 Å². The molecule has 0 saturated carbocycles. The van der Waals surface area contributed by atoms with Crippen LogP contribution >= 0.6 is 0 Å². The number of nitrogens with one attached hydrogen (secondary N) is 1. The van der Waals surface area contributed by atoms with Crippen molar-refractivity contribution in [3.63, 3.8) is 0 Å². The molecular weight excluding hydrogens is 202 g/mol. The molecule has 0 spiro atoms. The second-order valence-electron chi connectivity index (χ2n) is 4.38. The molecule has 3 heteroatoms. The molecule has 0 aliphatic heterocycles. The SMILES string of the molecule is C#CC(C)(C)NC(C)c1cc(O)ccc1O. The highest BCUT2D eigenvalue weighted by atomic mass is 16.3. The van der Waals surface area contributed by atoms with E-state index in [4.69, 9.17) is 6.42 Å². The van der Waals surface area contributed by atoms with Crippen LogP contribution in [0.25, 0.3) is 0 Å². The smallest absolute Gasteiger partial charge is 0.120 e. The van der Waals surface area contributed by atoms with Gasteiger partial charge in [0.1, 0.15) is 11.5 Å². The van der Waals surface area contributed by atoms with Gasteiger partial charge in [-0.2, -0.15) is 0 Å². The average Bonchev–Trinajstić information content (AvgIpc) is 2.21. The van der Waals surface area contributed by atoms with Gasteiger partial charge in [-0.15, -0.1) is 6.42 Å². The van der Waals surface area contributed by atoms with Crippen molar-refractivity contribution in [1.82, 2.24) is 5.32 Å². The van der Waals surface area contributed by atoms with E-state index in [0.717, 1.165) is 0 Å². The average molecular weight is 219 g/mol. The second-order valence-corrected chi connectivity index (χ2v) is 4.38. The Hall–Kier alpha value is -1.66. The van der Waals surface area contributed by atoms with Gasteiger partial charge >= 0.3 is 0 Å². The summed E-state index contributed by atoms with van der Waals surface area (Å²) < 4.78 is 0. The van der Waals surface area contributed by atoms with Crippen molar-refractivity contribution in [3.05, 3.63) is 23.8 Å². The van der Waals surface area contributed by atoms with E-state index in [0.29, 0.717) is 5.56 Å². The molecule has 0 heterocycles. The standard InChI is InChI=1S/C13H17NO2/c1-5-13(3,4)14-9(2)11-8-10(15)6-7-12(11)16/h1,6-9,14-16H,2-4H3. The van der Waals surface area contributed by atoms with E-state index >= 15 is 0 Å². The molecule has 1 unspecified atom stereocenters. The number of benzene rings is 1. The van der Waals surface area contributed by atoms with E-state index < -0.39 is 5.54 Å². The summed E-state index contributed by atoms with van der Waals surface area (Å²) in [4.78, 5) is 0. The summed E-state index contributed by atoms with van der Waals surface area (Å²) in [7, 11) is 0. The van der Waals surface area contributed by atoms with E-state index in [2.05, 4.69) is 11.2 Å². The molecule has 0 bridgehead atoms. The van der Waals surface area contributed by atoms with E-state index in [1.54, 1.807) is 0 Å². The maximum absolute atomic E-state index is 9.67. The van der Waals surface area contributed by atoms with Crippen molar-refractivity contribution in [3.8, 4) is 23.8 Å². The quantitative estimate of drug-likeness (QED) is 0.539. The molecule has 1 aromatic rings. The van der Waals surface area contributed by atoms with Crippen LogP contribution in [0.3, 0.4) is 0 Å². The van der Waals surface area contributed by atoms with Gasteiger partial charge in [0.05, 0.1) is 5.54 Å². The third-order valence-corrected chi connectivity index (χ3v) is 2.42. The lowest BCUT2D eigenvalue weighted by Crippen LogP contribution is -2.39. The lowest BCUT2D eigenvalue weighted by molar-refractivity contribution is 0.404. The fourth-order valence-electron chi connectivity index (χ4n) is 1.55. The lowest BCUT2D eigenvalue weighted by atomic mass is 10.0. The van der Waals surface area contributed by atoms with Crippen molar-refractivity contribution in [2.45, 2.75) is 32.4 Å². The van der Waals surface area contributed by atoms with Gasteiger partial charge in [-0.25, -0.2) is 0 Å². The predicted molar refractivity (Wildman–Crippen MR) is 64.2 cm³/mol. The van der Waals surface area contributed by atoms with Crippen LogP contribution in [0.2, 0.25) is 0 Å². The third-order valence-electron chi connectivity index (χ3n) is 2.42. The van der Waals surface area contributed by atoms with Crippen LogP contribution in [0, 0.1) is 12.3 Å².